The average Bonchev–Trinajstić information content (AvgIpc) is 2.14. The molecule has 0 fully saturated rings. The van der Waals surface area contributed by atoms with Gasteiger partial charge in [0.15, 0.2) is 0 Å². The topological polar surface area (TPSA) is 34.0 Å². The highest BCUT2D eigenvalue weighted by molar-refractivity contribution is 5.99. The Balaban J connectivity index is 2.58. The molecule has 1 rings (SSSR count). The molecule has 0 aromatic carbocycles. The molecule has 0 N–H and O–H groups in total. The molecule has 0 spiro atoms. The van der Waals surface area contributed by atoms with Crippen LogP contribution in [0.25, 0.3) is 0 Å². The van der Waals surface area contributed by atoms with Crippen molar-refractivity contribution in [1.82, 2.24) is 0 Å². The molecule has 0 bridgehead atoms. The molecule has 0 atom stereocenters. The summed E-state index contributed by atoms with van der Waals surface area (Å²) in [5.41, 5.74) is 1.02. The van der Waals surface area contributed by atoms with Gasteiger partial charge in [0.1, 0.15) is 0 Å². The van der Waals surface area contributed by atoms with Crippen LogP contribution in [0.4, 0.5) is 0 Å². The first kappa shape index (κ1) is 5.28. The van der Waals surface area contributed by atoms with E-state index in [1.54, 1.807) is 7.11 Å². The number of nitrogens with zero attached hydrogens (tertiary/aromatic N) is 2. The molecule has 0 unspecified atom stereocenters. The summed E-state index contributed by atoms with van der Waals surface area (Å²) in [5, 5.41) is 0. The van der Waals surface area contributed by atoms with Crippen LogP contribution in [-0.4, -0.2) is 25.4 Å². The van der Waals surface area contributed by atoms with Crippen LogP contribution >= 0.6 is 0 Å². The van der Waals surface area contributed by atoms with Crippen molar-refractivity contribution in [2.75, 3.05) is 13.7 Å². The van der Waals surface area contributed by atoms with Crippen molar-refractivity contribution in [3.8, 4) is 0 Å². The second-order valence-corrected chi connectivity index (χ2v) is 1.65. The zero-order chi connectivity index (χ0) is 5.98. The molecule has 44 valence electrons. The monoisotopic (exact) mass is 112 g/mol. The van der Waals surface area contributed by atoms with E-state index in [4.69, 9.17) is 4.74 Å². The van der Waals surface area contributed by atoms with Crippen LogP contribution in [0.15, 0.2) is 9.98 Å². The van der Waals surface area contributed by atoms with Crippen LogP contribution in [0, 0.1) is 0 Å². The number of amidine groups is 1. The highest BCUT2D eigenvalue weighted by Gasteiger charge is 2.03. The van der Waals surface area contributed by atoms with Gasteiger partial charge >= 0.3 is 6.02 Å². The zero-order valence-electron chi connectivity index (χ0n) is 5.01. The minimum absolute atomic E-state index is 0.502. The van der Waals surface area contributed by atoms with Crippen LogP contribution in [0.1, 0.15) is 6.92 Å². The zero-order valence-corrected chi connectivity index (χ0v) is 5.01. The summed E-state index contributed by atoms with van der Waals surface area (Å²) in [4.78, 5) is 7.88. The number of rotatable bonds is 0. The van der Waals surface area contributed by atoms with E-state index >= 15 is 0 Å². The Hall–Kier alpha value is -0.860. The lowest BCUT2D eigenvalue weighted by molar-refractivity contribution is 0.398. The molecule has 0 saturated carbocycles. The van der Waals surface area contributed by atoms with Gasteiger partial charge < -0.3 is 4.74 Å². The van der Waals surface area contributed by atoms with Gasteiger partial charge in [-0.25, -0.2) is 9.98 Å². The van der Waals surface area contributed by atoms with Crippen LogP contribution in [0.3, 0.4) is 0 Å². The van der Waals surface area contributed by atoms with Crippen molar-refractivity contribution in [2.45, 2.75) is 6.92 Å². The third kappa shape index (κ3) is 0.857. The number of hydrogen-bond acceptors (Lipinski definition) is 3. The molecule has 1 aliphatic heterocycles. The molecule has 3 nitrogen and oxygen atoms in total. The van der Waals surface area contributed by atoms with Gasteiger partial charge in [-0.15, -0.1) is 0 Å². The van der Waals surface area contributed by atoms with Crippen molar-refractivity contribution in [3.63, 3.8) is 0 Å². The number of aliphatic imine (C=N–C) groups is 2. The van der Waals surface area contributed by atoms with E-state index < -0.39 is 0 Å². The van der Waals surface area contributed by atoms with E-state index in [0.717, 1.165) is 5.71 Å². The van der Waals surface area contributed by atoms with Gasteiger partial charge in [-0.2, -0.15) is 0 Å². The van der Waals surface area contributed by atoms with E-state index in [-0.39, 0.29) is 0 Å². The lowest BCUT2D eigenvalue weighted by Crippen LogP contribution is -1.91. The summed E-state index contributed by atoms with van der Waals surface area (Å²) in [6.45, 7) is 2.62. The molecule has 0 aromatic rings. The largest absolute Gasteiger partial charge is 0.467 e. The highest BCUT2D eigenvalue weighted by atomic mass is 16.5. The summed E-state index contributed by atoms with van der Waals surface area (Å²) >= 11 is 0. The van der Waals surface area contributed by atoms with Crippen LogP contribution in [0.5, 0.6) is 0 Å². The van der Waals surface area contributed by atoms with E-state index in [0.29, 0.717) is 12.6 Å². The van der Waals surface area contributed by atoms with Crippen molar-refractivity contribution in [1.29, 1.82) is 0 Å². The van der Waals surface area contributed by atoms with Crippen molar-refractivity contribution in [3.05, 3.63) is 0 Å². The standard InChI is InChI=1S/C5H8N2O/c1-4-3-6-5(7-4)8-2/h3H2,1-2H3. The molecule has 0 aromatic heterocycles. The third-order valence-electron chi connectivity index (χ3n) is 0.912. The fourth-order valence-corrected chi connectivity index (χ4v) is 0.526. The summed E-state index contributed by atoms with van der Waals surface area (Å²) in [6.07, 6.45) is 0. The van der Waals surface area contributed by atoms with Gasteiger partial charge in [-0.1, -0.05) is 0 Å². The van der Waals surface area contributed by atoms with Crippen molar-refractivity contribution < 1.29 is 4.74 Å². The Morgan fingerprint density at radius 2 is 2.38 bits per heavy atom. The molecule has 1 heterocycles. The SMILES string of the molecule is COC1=NCC(C)=N1. The summed E-state index contributed by atoms with van der Waals surface area (Å²) in [6, 6.07) is 0.502. The normalized spacial score (nSPS) is 17.8. The maximum absolute atomic E-state index is 4.74. The van der Waals surface area contributed by atoms with E-state index in [1.165, 1.54) is 0 Å². The Bertz CT molecular complexity index is 149. The van der Waals surface area contributed by atoms with Gasteiger partial charge in [0, 0.05) is 5.71 Å². The Morgan fingerprint density at radius 1 is 1.62 bits per heavy atom. The van der Waals surface area contributed by atoms with Crippen LogP contribution < -0.4 is 0 Å². The predicted molar refractivity (Wildman–Crippen MR) is 32.4 cm³/mol. The molecule has 0 amide bonds. The fraction of sp³-hybridized carbons (Fsp3) is 0.600. The molecule has 0 saturated heterocycles. The lowest BCUT2D eigenvalue weighted by atomic mass is 10.4. The van der Waals surface area contributed by atoms with Crippen LogP contribution in [0.2, 0.25) is 0 Å². The van der Waals surface area contributed by atoms with Gasteiger partial charge in [0.25, 0.3) is 0 Å². The number of hydrogen-bond donors (Lipinski definition) is 0. The summed E-state index contributed by atoms with van der Waals surface area (Å²) < 4.78 is 4.74. The minimum atomic E-state index is 0.502. The first-order chi connectivity index (χ1) is 3.83. The summed E-state index contributed by atoms with van der Waals surface area (Å²) in [7, 11) is 1.57. The Labute approximate surface area is 48.1 Å². The molecule has 8 heavy (non-hydrogen) atoms. The second-order valence-electron chi connectivity index (χ2n) is 1.65. The lowest BCUT2D eigenvalue weighted by Gasteiger charge is -1.87. The first-order valence-electron chi connectivity index (χ1n) is 2.45. The van der Waals surface area contributed by atoms with Gasteiger partial charge in [0.05, 0.1) is 13.7 Å². The maximum Gasteiger partial charge on any atom is 0.311 e. The third-order valence-corrected chi connectivity index (χ3v) is 0.912. The molecule has 0 radical (unpaired) electrons. The molecular weight excluding hydrogens is 104 g/mol. The predicted octanol–water partition coefficient (Wildman–Crippen LogP) is 0.463. The van der Waals surface area contributed by atoms with E-state index in [2.05, 4.69) is 9.98 Å². The van der Waals surface area contributed by atoms with E-state index in [1.807, 2.05) is 6.92 Å². The number of methoxy groups -OCH3 is 1. The maximum atomic E-state index is 4.74. The van der Waals surface area contributed by atoms with Gasteiger partial charge in [0.2, 0.25) is 0 Å². The Kier molecular flexibility index (Phi) is 1.28. The highest BCUT2D eigenvalue weighted by Crippen LogP contribution is 1.94. The molecule has 3 heteroatoms. The van der Waals surface area contributed by atoms with Gasteiger partial charge in [-0.05, 0) is 6.92 Å². The minimum Gasteiger partial charge on any atom is -0.467 e. The first-order valence-corrected chi connectivity index (χ1v) is 2.45. The fourth-order valence-electron chi connectivity index (χ4n) is 0.526. The molecular formula is C5H8N2O. The molecule has 0 aliphatic carbocycles. The number of ether oxygens (including phenoxy) is 1. The summed E-state index contributed by atoms with van der Waals surface area (Å²) in [5.74, 6) is 0. The van der Waals surface area contributed by atoms with Crippen LogP contribution in [-0.2, 0) is 4.74 Å². The molecule has 1 aliphatic rings. The van der Waals surface area contributed by atoms with Gasteiger partial charge in [-0.3, -0.25) is 0 Å². The quantitative estimate of drug-likeness (QED) is 0.448. The van der Waals surface area contributed by atoms with Crippen molar-refractivity contribution >= 4 is 11.7 Å². The van der Waals surface area contributed by atoms with Crippen molar-refractivity contribution in [2.24, 2.45) is 9.98 Å². The smallest absolute Gasteiger partial charge is 0.311 e. The van der Waals surface area contributed by atoms with E-state index in [9.17, 15) is 0 Å². The second kappa shape index (κ2) is 1.94. The average molecular weight is 112 g/mol. The Morgan fingerprint density at radius 3 is 2.62 bits per heavy atom.